The molecule has 1 heterocycles. The molecule has 1 aromatic heterocycles. The molecular weight excluding hydrogens is 715 g/mol. The number of para-hydroxylation sites is 2. The summed E-state index contributed by atoms with van der Waals surface area (Å²) in [6.07, 6.45) is 0. The zero-order chi connectivity index (χ0) is 39.2. The standard InChI is InChI=1S/C57H39NO/c1-57(2)49-26-12-18-38-31-34-45(47-24-13-23-46-44-22-10-11-28-52(44)59-56(46)47)54(53(38)49)48-25-14-27-50(55(48)57)58(40-32-29-37(30-33-40)36-15-4-3-5-16-36)51-35-39-17-6-7-19-41(39)42-20-8-9-21-43(42)51/h3-35H,1-2H3. The van der Waals surface area contributed by atoms with Gasteiger partial charge in [0.1, 0.15) is 11.2 Å². The fourth-order valence-electron chi connectivity index (χ4n) is 10.2. The fourth-order valence-corrected chi connectivity index (χ4v) is 10.2. The summed E-state index contributed by atoms with van der Waals surface area (Å²) in [5.41, 5.74) is 14.7. The van der Waals surface area contributed by atoms with Crippen molar-refractivity contribution >= 4 is 71.3 Å². The quantitative estimate of drug-likeness (QED) is 0.163. The van der Waals surface area contributed by atoms with Gasteiger partial charge in [0.05, 0.1) is 11.4 Å². The van der Waals surface area contributed by atoms with E-state index in [9.17, 15) is 0 Å². The number of benzene rings is 10. The molecule has 0 radical (unpaired) electrons. The zero-order valence-corrected chi connectivity index (χ0v) is 32.9. The van der Waals surface area contributed by atoms with E-state index < -0.39 is 0 Å². The van der Waals surface area contributed by atoms with Gasteiger partial charge in [0.2, 0.25) is 0 Å². The van der Waals surface area contributed by atoms with E-state index in [1.807, 2.05) is 0 Å². The van der Waals surface area contributed by atoms with Gasteiger partial charge in [-0.05, 0) is 96.2 Å². The van der Waals surface area contributed by atoms with Crippen LogP contribution in [0, 0.1) is 0 Å². The average molecular weight is 754 g/mol. The van der Waals surface area contributed by atoms with Crippen molar-refractivity contribution in [2.75, 3.05) is 4.90 Å². The van der Waals surface area contributed by atoms with Gasteiger partial charge in [0, 0.05) is 32.8 Å². The first-order valence-electron chi connectivity index (χ1n) is 20.5. The van der Waals surface area contributed by atoms with E-state index in [-0.39, 0.29) is 5.41 Å². The Hall–Kier alpha value is -7.42. The number of rotatable bonds is 5. The number of hydrogen-bond donors (Lipinski definition) is 0. The summed E-state index contributed by atoms with van der Waals surface area (Å²) in [7, 11) is 0. The molecule has 278 valence electrons. The summed E-state index contributed by atoms with van der Waals surface area (Å²) in [5, 5.41) is 9.76. The van der Waals surface area contributed by atoms with Gasteiger partial charge in [-0.25, -0.2) is 0 Å². The van der Waals surface area contributed by atoms with Gasteiger partial charge < -0.3 is 9.32 Å². The van der Waals surface area contributed by atoms with Crippen LogP contribution in [-0.4, -0.2) is 0 Å². The van der Waals surface area contributed by atoms with E-state index in [2.05, 4.69) is 219 Å². The maximum Gasteiger partial charge on any atom is 0.143 e. The van der Waals surface area contributed by atoms with Crippen molar-refractivity contribution < 1.29 is 4.42 Å². The lowest BCUT2D eigenvalue weighted by atomic mass is 9.66. The molecule has 2 nitrogen and oxygen atoms in total. The van der Waals surface area contributed by atoms with Gasteiger partial charge >= 0.3 is 0 Å². The Kier molecular flexibility index (Phi) is 7.31. The van der Waals surface area contributed by atoms with Crippen molar-refractivity contribution in [3.05, 3.63) is 211 Å². The third kappa shape index (κ3) is 5.00. The second-order valence-electron chi connectivity index (χ2n) is 16.4. The lowest BCUT2D eigenvalue weighted by Gasteiger charge is -2.40. The van der Waals surface area contributed by atoms with E-state index in [1.165, 1.54) is 76.9 Å². The van der Waals surface area contributed by atoms with Crippen LogP contribution < -0.4 is 4.90 Å². The number of furan rings is 1. The van der Waals surface area contributed by atoms with Crippen molar-refractivity contribution in [3.8, 4) is 33.4 Å². The smallest absolute Gasteiger partial charge is 0.143 e. The summed E-state index contributed by atoms with van der Waals surface area (Å²) < 4.78 is 6.71. The van der Waals surface area contributed by atoms with Crippen molar-refractivity contribution in [1.29, 1.82) is 0 Å². The van der Waals surface area contributed by atoms with E-state index in [1.54, 1.807) is 0 Å². The first-order chi connectivity index (χ1) is 29.0. The van der Waals surface area contributed by atoms with E-state index >= 15 is 0 Å². The van der Waals surface area contributed by atoms with Crippen molar-refractivity contribution in [2.45, 2.75) is 19.3 Å². The van der Waals surface area contributed by atoms with Gasteiger partial charge in [-0.3, -0.25) is 0 Å². The van der Waals surface area contributed by atoms with Gasteiger partial charge in [-0.1, -0.05) is 184 Å². The Morgan fingerprint density at radius 3 is 1.92 bits per heavy atom. The monoisotopic (exact) mass is 753 g/mol. The highest BCUT2D eigenvalue weighted by atomic mass is 16.3. The Morgan fingerprint density at radius 1 is 0.424 bits per heavy atom. The third-order valence-corrected chi connectivity index (χ3v) is 12.8. The Balaban J connectivity index is 1.17. The predicted molar refractivity (Wildman–Crippen MR) is 249 cm³/mol. The molecular formula is C57H39NO. The minimum absolute atomic E-state index is 0.350. The molecule has 59 heavy (non-hydrogen) atoms. The van der Waals surface area contributed by atoms with Crippen LogP contribution in [0.5, 0.6) is 0 Å². The number of nitrogens with zero attached hydrogens (tertiary/aromatic N) is 1. The van der Waals surface area contributed by atoms with Gasteiger partial charge in [0.15, 0.2) is 0 Å². The van der Waals surface area contributed by atoms with Crippen LogP contribution in [0.2, 0.25) is 0 Å². The molecule has 0 unspecified atom stereocenters. The first kappa shape index (κ1) is 33.7. The second-order valence-corrected chi connectivity index (χ2v) is 16.4. The fraction of sp³-hybridized carbons (Fsp3) is 0.0526. The first-order valence-corrected chi connectivity index (χ1v) is 20.5. The molecule has 12 rings (SSSR count). The molecule has 0 fully saturated rings. The molecule has 1 aliphatic rings. The lowest BCUT2D eigenvalue weighted by Crippen LogP contribution is -2.27. The van der Waals surface area contributed by atoms with E-state index in [4.69, 9.17) is 4.42 Å². The maximum atomic E-state index is 6.71. The van der Waals surface area contributed by atoms with Gasteiger partial charge in [-0.2, -0.15) is 0 Å². The second kappa shape index (κ2) is 12.8. The maximum absolute atomic E-state index is 6.71. The van der Waals surface area contributed by atoms with Crippen LogP contribution in [0.4, 0.5) is 17.1 Å². The summed E-state index contributed by atoms with van der Waals surface area (Å²) >= 11 is 0. The summed E-state index contributed by atoms with van der Waals surface area (Å²) in [5.74, 6) is 0. The highest BCUT2D eigenvalue weighted by Crippen LogP contribution is 2.57. The normalized spacial score (nSPS) is 13.1. The zero-order valence-electron chi connectivity index (χ0n) is 32.9. The molecule has 0 atom stereocenters. The van der Waals surface area contributed by atoms with Gasteiger partial charge in [0.25, 0.3) is 0 Å². The molecule has 11 aromatic rings. The van der Waals surface area contributed by atoms with Crippen LogP contribution in [0.25, 0.3) is 87.6 Å². The lowest BCUT2D eigenvalue weighted by molar-refractivity contribution is 0.646. The van der Waals surface area contributed by atoms with Crippen LogP contribution in [0.15, 0.2) is 205 Å². The molecule has 0 N–H and O–H groups in total. The van der Waals surface area contributed by atoms with Crippen LogP contribution in [0.1, 0.15) is 25.0 Å². The summed E-state index contributed by atoms with van der Waals surface area (Å²) in [6.45, 7) is 4.82. The molecule has 10 aromatic carbocycles. The molecule has 2 heteroatoms. The molecule has 0 aliphatic heterocycles. The molecule has 0 saturated heterocycles. The number of anilines is 3. The predicted octanol–water partition coefficient (Wildman–Crippen LogP) is 16.2. The molecule has 0 saturated carbocycles. The Bertz CT molecular complexity index is 3460. The summed E-state index contributed by atoms with van der Waals surface area (Å²) in [6, 6.07) is 73.2. The molecule has 0 bridgehead atoms. The van der Waals surface area contributed by atoms with Crippen LogP contribution in [0.3, 0.4) is 0 Å². The minimum atomic E-state index is -0.350. The Morgan fingerprint density at radius 2 is 1.07 bits per heavy atom. The highest BCUT2D eigenvalue weighted by Gasteiger charge is 2.38. The largest absolute Gasteiger partial charge is 0.455 e. The highest BCUT2D eigenvalue weighted by molar-refractivity contribution is 6.17. The molecule has 1 aliphatic carbocycles. The van der Waals surface area contributed by atoms with Crippen LogP contribution in [-0.2, 0) is 5.41 Å². The molecule has 0 amide bonds. The van der Waals surface area contributed by atoms with Crippen molar-refractivity contribution in [1.82, 2.24) is 0 Å². The van der Waals surface area contributed by atoms with Gasteiger partial charge in [-0.15, -0.1) is 0 Å². The third-order valence-electron chi connectivity index (χ3n) is 12.8. The minimum Gasteiger partial charge on any atom is -0.455 e. The molecule has 0 spiro atoms. The Labute approximate surface area is 343 Å². The van der Waals surface area contributed by atoms with E-state index in [0.717, 1.165) is 38.9 Å². The summed E-state index contributed by atoms with van der Waals surface area (Å²) in [4.78, 5) is 2.53. The number of fused-ring (bicyclic) bond motifs is 8. The topological polar surface area (TPSA) is 16.4 Å². The average Bonchev–Trinajstić information content (AvgIpc) is 3.68. The number of hydrogen-bond acceptors (Lipinski definition) is 2. The van der Waals surface area contributed by atoms with Crippen molar-refractivity contribution in [3.63, 3.8) is 0 Å². The van der Waals surface area contributed by atoms with Crippen LogP contribution >= 0.6 is 0 Å². The van der Waals surface area contributed by atoms with Crippen molar-refractivity contribution in [2.24, 2.45) is 0 Å². The SMILES string of the molecule is CC1(C)c2c(cccc2N(c2ccc(-c3ccccc3)cc2)c2cc3ccccc3c3ccccc23)-c2c(-c3cccc4c3oc3ccccc34)ccc3cccc1c23. The van der Waals surface area contributed by atoms with E-state index in [0.29, 0.717) is 0 Å².